The SMILES string of the molecule is CCOc1ccc(Oc2cc(CNS(=O)(=O)c3ccc4c(c3)oc(=O)n4C)ccn2)cc1. The Balaban J connectivity index is 1.45. The van der Waals surface area contributed by atoms with Gasteiger partial charge in [0.15, 0.2) is 5.58 Å². The number of ether oxygens (including phenoxy) is 2. The Morgan fingerprint density at radius 3 is 2.56 bits per heavy atom. The largest absolute Gasteiger partial charge is 0.494 e. The van der Waals surface area contributed by atoms with Gasteiger partial charge in [-0.3, -0.25) is 4.57 Å². The summed E-state index contributed by atoms with van der Waals surface area (Å²) < 4.78 is 45.5. The Morgan fingerprint density at radius 1 is 1.06 bits per heavy atom. The molecule has 2 heterocycles. The van der Waals surface area contributed by atoms with Gasteiger partial charge in [-0.1, -0.05) is 0 Å². The number of pyridine rings is 1. The fourth-order valence-electron chi connectivity index (χ4n) is 3.05. The molecule has 0 aliphatic carbocycles. The van der Waals surface area contributed by atoms with Gasteiger partial charge in [0.25, 0.3) is 0 Å². The van der Waals surface area contributed by atoms with Gasteiger partial charge in [0, 0.05) is 31.9 Å². The molecule has 0 radical (unpaired) electrons. The zero-order valence-electron chi connectivity index (χ0n) is 17.4. The Labute approximate surface area is 184 Å². The average Bonchev–Trinajstić information content (AvgIpc) is 3.07. The summed E-state index contributed by atoms with van der Waals surface area (Å²) in [7, 11) is -2.28. The first-order valence-electron chi connectivity index (χ1n) is 9.80. The van der Waals surface area contributed by atoms with Gasteiger partial charge in [-0.2, -0.15) is 0 Å². The third kappa shape index (κ3) is 4.66. The highest BCUT2D eigenvalue weighted by atomic mass is 32.2. The number of hydrogen-bond donors (Lipinski definition) is 1. The molecule has 2 aromatic heterocycles. The Hall–Kier alpha value is -3.63. The topological polar surface area (TPSA) is 113 Å². The van der Waals surface area contributed by atoms with Crippen LogP contribution in [0.15, 0.2) is 74.9 Å². The van der Waals surface area contributed by atoms with Gasteiger partial charge in [-0.25, -0.2) is 22.9 Å². The Kier molecular flexibility index (Phi) is 5.97. The molecular weight excluding hydrogens is 434 g/mol. The van der Waals surface area contributed by atoms with Crippen molar-refractivity contribution in [2.24, 2.45) is 7.05 Å². The minimum atomic E-state index is -3.83. The first-order chi connectivity index (χ1) is 15.4. The van der Waals surface area contributed by atoms with Crippen LogP contribution in [0.2, 0.25) is 0 Å². The van der Waals surface area contributed by atoms with Crippen LogP contribution >= 0.6 is 0 Å². The molecule has 0 bridgehead atoms. The van der Waals surface area contributed by atoms with E-state index in [1.54, 1.807) is 43.4 Å². The number of nitrogens with zero attached hydrogens (tertiary/aromatic N) is 2. The zero-order valence-corrected chi connectivity index (χ0v) is 18.3. The van der Waals surface area contributed by atoms with E-state index >= 15 is 0 Å². The number of oxazole rings is 1. The van der Waals surface area contributed by atoms with Crippen molar-refractivity contribution < 1.29 is 22.3 Å². The molecule has 1 N–H and O–H groups in total. The minimum Gasteiger partial charge on any atom is -0.494 e. The molecule has 10 heteroatoms. The highest BCUT2D eigenvalue weighted by molar-refractivity contribution is 7.89. The molecule has 2 aromatic carbocycles. The number of aryl methyl sites for hydroxylation is 1. The summed E-state index contributed by atoms with van der Waals surface area (Å²) in [5, 5.41) is 0. The zero-order chi connectivity index (χ0) is 22.7. The maximum Gasteiger partial charge on any atom is 0.419 e. The van der Waals surface area contributed by atoms with Crippen molar-refractivity contribution in [3.8, 4) is 17.4 Å². The standard InChI is InChI=1S/C22H21N3O6S/c1-3-29-16-4-6-17(7-5-16)30-21-12-15(10-11-23-21)14-24-32(27,28)18-8-9-19-20(13-18)31-22(26)25(19)2/h4-13,24H,3,14H2,1-2H3. The number of aromatic nitrogens is 2. The summed E-state index contributed by atoms with van der Waals surface area (Å²) in [5.74, 6) is 1.10. The number of nitrogens with one attached hydrogen (secondary N) is 1. The van der Waals surface area contributed by atoms with Crippen LogP contribution in [0.5, 0.6) is 17.4 Å². The molecule has 166 valence electrons. The van der Waals surface area contributed by atoms with Crippen molar-refractivity contribution in [3.05, 3.63) is 76.9 Å². The predicted molar refractivity (Wildman–Crippen MR) is 117 cm³/mol. The average molecular weight is 455 g/mol. The van der Waals surface area contributed by atoms with Gasteiger partial charge in [0.2, 0.25) is 15.9 Å². The van der Waals surface area contributed by atoms with Crippen LogP contribution in [-0.2, 0) is 23.6 Å². The number of benzene rings is 2. The third-order valence-corrected chi connectivity index (χ3v) is 6.10. The van der Waals surface area contributed by atoms with Crippen LogP contribution in [0.3, 0.4) is 0 Å². The van der Waals surface area contributed by atoms with E-state index in [9.17, 15) is 13.2 Å². The van der Waals surface area contributed by atoms with Crippen LogP contribution < -0.4 is 20.0 Å². The fourth-order valence-corrected chi connectivity index (χ4v) is 4.08. The van der Waals surface area contributed by atoms with E-state index in [1.807, 2.05) is 6.92 Å². The minimum absolute atomic E-state index is 0.000678. The molecule has 4 aromatic rings. The lowest BCUT2D eigenvalue weighted by Gasteiger charge is -2.09. The van der Waals surface area contributed by atoms with E-state index in [2.05, 4.69) is 9.71 Å². The van der Waals surface area contributed by atoms with Gasteiger partial charge in [-0.05, 0) is 55.0 Å². The van der Waals surface area contributed by atoms with Gasteiger partial charge in [0.05, 0.1) is 17.0 Å². The summed E-state index contributed by atoms with van der Waals surface area (Å²) in [5.41, 5.74) is 1.38. The van der Waals surface area contributed by atoms with Crippen molar-refractivity contribution in [1.29, 1.82) is 0 Å². The van der Waals surface area contributed by atoms with Gasteiger partial charge >= 0.3 is 5.76 Å². The summed E-state index contributed by atoms with van der Waals surface area (Å²) in [6.45, 7) is 2.51. The highest BCUT2D eigenvalue weighted by Crippen LogP contribution is 2.23. The van der Waals surface area contributed by atoms with E-state index in [0.29, 0.717) is 29.3 Å². The van der Waals surface area contributed by atoms with E-state index < -0.39 is 15.8 Å². The van der Waals surface area contributed by atoms with Crippen molar-refractivity contribution in [2.45, 2.75) is 18.4 Å². The van der Waals surface area contributed by atoms with E-state index in [1.165, 1.54) is 29.0 Å². The van der Waals surface area contributed by atoms with Crippen LogP contribution in [-0.4, -0.2) is 24.6 Å². The molecular formula is C22H21N3O6S. The number of hydrogen-bond acceptors (Lipinski definition) is 7. The second kappa shape index (κ2) is 8.85. The van der Waals surface area contributed by atoms with Crippen LogP contribution in [0.25, 0.3) is 11.1 Å². The maximum atomic E-state index is 12.7. The Morgan fingerprint density at radius 2 is 1.81 bits per heavy atom. The smallest absolute Gasteiger partial charge is 0.419 e. The highest BCUT2D eigenvalue weighted by Gasteiger charge is 2.17. The van der Waals surface area contributed by atoms with E-state index in [-0.39, 0.29) is 17.0 Å². The van der Waals surface area contributed by atoms with Crippen molar-refractivity contribution in [3.63, 3.8) is 0 Å². The quantitative estimate of drug-likeness (QED) is 0.434. The van der Waals surface area contributed by atoms with E-state index in [4.69, 9.17) is 13.9 Å². The Bertz CT molecular complexity index is 1410. The van der Waals surface area contributed by atoms with Crippen molar-refractivity contribution in [1.82, 2.24) is 14.3 Å². The molecule has 32 heavy (non-hydrogen) atoms. The molecule has 0 atom stereocenters. The fraction of sp³-hybridized carbons (Fsp3) is 0.182. The molecule has 0 amide bonds. The molecule has 0 aliphatic rings. The van der Waals surface area contributed by atoms with Crippen molar-refractivity contribution in [2.75, 3.05) is 6.61 Å². The number of rotatable bonds is 8. The molecule has 0 unspecified atom stereocenters. The third-order valence-electron chi connectivity index (χ3n) is 4.70. The first kappa shape index (κ1) is 21.6. The lowest BCUT2D eigenvalue weighted by atomic mass is 10.3. The molecule has 9 nitrogen and oxygen atoms in total. The monoisotopic (exact) mass is 455 g/mol. The van der Waals surface area contributed by atoms with Crippen LogP contribution in [0.4, 0.5) is 0 Å². The van der Waals surface area contributed by atoms with Gasteiger partial charge in [0.1, 0.15) is 11.5 Å². The molecule has 0 spiro atoms. The number of sulfonamides is 1. The van der Waals surface area contributed by atoms with Crippen molar-refractivity contribution >= 4 is 21.1 Å². The van der Waals surface area contributed by atoms with E-state index in [0.717, 1.165) is 5.75 Å². The van der Waals surface area contributed by atoms with Crippen LogP contribution in [0, 0.1) is 0 Å². The first-order valence-corrected chi connectivity index (χ1v) is 11.3. The predicted octanol–water partition coefficient (Wildman–Crippen LogP) is 3.20. The second-order valence-corrected chi connectivity index (χ2v) is 8.66. The molecule has 4 rings (SSSR count). The molecule has 0 saturated heterocycles. The molecule has 0 aliphatic heterocycles. The lowest BCUT2D eigenvalue weighted by molar-refractivity contribution is 0.339. The summed E-state index contributed by atoms with van der Waals surface area (Å²) in [4.78, 5) is 15.8. The summed E-state index contributed by atoms with van der Waals surface area (Å²) >= 11 is 0. The maximum absolute atomic E-state index is 12.7. The normalized spacial score (nSPS) is 11.6. The van der Waals surface area contributed by atoms with Gasteiger partial charge < -0.3 is 13.9 Å². The van der Waals surface area contributed by atoms with Gasteiger partial charge in [-0.15, -0.1) is 0 Å². The molecule has 0 saturated carbocycles. The lowest BCUT2D eigenvalue weighted by Crippen LogP contribution is -2.23. The summed E-state index contributed by atoms with van der Waals surface area (Å²) in [6, 6.07) is 14.7. The second-order valence-electron chi connectivity index (χ2n) is 6.89. The molecule has 0 fully saturated rings. The summed E-state index contributed by atoms with van der Waals surface area (Å²) in [6.07, 6.45) is 1.54. The van der Waals surface area contributed by atoms with Crippen LogP contribution in [0.1, 0.15) is 12.5 Å². The number of fused-ring (bicyclic) bond motifs is 1.